The van der Waals surface area contributed by atoms with E-state index in [1.54, 1.807) is 42.2 Å². The fourth-order valence-corrected chi connectivity index (χ4v) is 1.86. The van der Waals surface area contributed by atoms with Crippen molar-refractivity contribution in [3.63, 3.8) is 0 Å². The van der Waals surface area contributed by atoms with Crippen LogP contribution in [0.25, 0.3) is 5.65 Å². The Balaban J connectivity index is 2.03. The molecule has 0 unspecified atom stereocenters. The third-order valence-electron chi connectivity index (χ3n) is 2.84. The highest BCUT2D eigenvalue weighted by atomic mass is 16.6. The number of hydrogen-bond donors (Lipinski definition) is 1. The summed E-state index contributed by atoms with van der Waals surface area (Å²) >= 11 is 0. The summed E-state index contributed by atoms with van der Waals surface area (Å²) < 4.78 is 7.40. The minimum absolute atomic E-state index is 0.0448. The van der Waals surface area contributed by atoms with Crippen molar-refractivity contribution in [1.29, 1.82) is 0 Å². The van der Waals surface area contributed by atoms with Gasteiger partial charge in [0.25, 0.3) is 11.6 Å². The fraction of sp³-hybridized carbons (Fsp3) is 0.0769. The number of nitro groups is 1. The van der Waals surface area contributed by atoms with Crippen LogP contribution in [0.1, 0.15) is 0 Å². The molecule has 0 spiro atoms. The van der Waals surface area contributed by atoms with E-state index in [2.05, 4.69) is 15.3 Å². The first-order chi connectivity index (χ1) is 10.2. The largest absolute Gasteiger partial charge is 0.436 e. The van der Waals surface area contributed by atoms with Gasteiger partial charge in [-0.05, 0) is 6.07 Å². The molecule has 3 aromatic rings. The van der Waals surface area contributed by atoms with E-state index in [-0.39, 0.29) is 11.6 Å². The molecule has 2 heterocycles. The molecule has 0 aliphatic rings. The lowest BCUT2D eigenvalue weighted by atomic mass is 10.3. The van der Waals surface area contributed by atoms with Gasteiger partial charge in [-0.3, -0.25) is 14.5 Å². The summed E-state index contributed by atoms with van der Waals surface area (Å²) in [6.45, 7) is 0. The molecule has 8 nitrogen and oxygen atoms in total. The maximum atomic E-state index is 10.8. The number of imidazole rings is 1. The molecule has 1 N–H and O–H groups in total. The summed E-state index contributed by atoms with van der Waals surface area (Å²) in [6, 6.07) is 5.92. The summed E-state index contributed by atoms with van der Waals surface area (Å²) in [5.74, 6) is 1.20. The van der Waals surface area contributed by atoms with E-state index in [1.807, 2.05) is 0 Å². The first-order valence-corrected chi connectivity index (χ1v) is 6.11. The number of anilines is 1. The van der Waals surface area contributed by atoms with E-state index in [1.165, 1.54) is 12.1 Å². The fourth-order valence-electron chi connectivity index (χ4n) is 1.86. The zero-order valence-electron chi connectivity index (χ0n) is 11.1. The van der Waals surface area contributed by atoms with Gasteiger partial charge in [0, 0.05) is 25.5 Å². The summed E-state index contributed by atoms with van der Waals surface area (Å²) in [5.41, 5.74) is 0.483. The maximum Gasteiger partial charge on any atom is 0.273 e. The van der Waals surface area contributed by atoms with Crippen LogP contribution in [0, 0.1) is 10.1 Å². The second-order valence-electron chi connectivity index (χ2n) is 4.20. The number of non-ortho nitro benzene ring substituents is 1. The van der Waals surface area contributed by atoms with E-state index in [9.17, 15) is 10.1 Å². The monoisotopic (exact) mass is 285 g/mol. The summed E-state index contributed by atoms with van der Waals surface area (Å²) in [7, 11) is 1.74. The van der Waals surface area contributed by atoms with Gasteiger partial charge < -0.3 is 10.1 Å². The van der Waals surface area contributed by atoms with Gasteiger partial charge in [-0.1, -0.05) is 6.07 Å². The van der Waals surface area contributed by atoms with E-state index >= 15 is 0 Å². The number of nitrogens with zero attached hydrogens (tertiary/aromatic N) is 4. The molecule has 0 aliphatic heterocycles. The van der Waals surface area contributed by atoms with Crippen LogP contribution in [0.4, 0.5) is 11.5 Å². The van der Waals surface area contributed by atoms with E-state index in [0.29, 0.717) is 17.2 Å². The van der Waals surface area contributed by atoms with Crippen molar-refractivity contribution >= 4 is 17.2 Å². The van der Waals surface area contributed by atoms with Crippen molar-refractivity contribution in [3.05, 3.63) is 53.0 Å². The molecule has 8 heteroatoms. The van der Waals surface area contributed by atoms with Crippen molar-refractivity contribution in [2.24, 2.45) is 0 Å². The molecule has 0 radical (unpaired) electrons. The van der Waals surface area contributed by atoms with Gasteiger partial charge in [-0.2, -0.15) is 4.98 Å². The smallest absolute Gasteiger partial charge is 0.273 e. The Kier molecular flexibility index (Phi) is 3.11. The summed E-state index contributed by atoms with van der Waals surface area (Å²) in [6.07, 6.45) is 5.15. The van der Waals surface area contributed by atoms with Gasteiger partial charge in [0.05, 0.1) is 17.2 Å². The highest BCUT2D eigenvalue weighted by molar-refractivity contribution is 5.55. The maximum absolute atomic E-state index is 10.8. The Labute approximate surface area is 119 Å². The van der Waals surface area contributed by atoms with Gasteiger partial charge in [-0.15, -0.1) is 0 Å². The van der Waals surface area contributed by atoms with E-state index in [4.69, 9.17) is 4.74 Å². The third kappa shape index (κ3) is 2.46. The molecular formula is C13H11N5O3. The number of rotatable bonds is 4. The molecule has 0 amide bonds. The molecule has 0 saturated heterocycles. The van der Waals surface area contributed by atoms with Crippen LogP contribution in [0.15, 0.2) is 42.9 Å². The highest BCUT2D eigenvalue weighted by Crippen LogP contribution is 2.27. The van der Waals surface area contributed by atoms with Crippen LogP contribution in [0.2, 0.25) is 0 Å². The number of benzene rings is 1. The Morgan fingerprint density at radius 2 is 2.29 bits per heavy atom. The van der Waals surface area contributed by atoms with Gasteiger partial charge in [0.2, 0.25) is 5.65 Å². The molecule has 0 saturated carbocycles. The van der Waals surface area contributed by atoms with E-state index < -0.39 is 4.92 Å². The number of ether oxygens (including phenoxy) is 1. The lowest BCUT2D eigenvalue weighted by Crippen LogP contribution is -1.99. The SMILES string of the molecule is CNc1cn2ccnc2c(Oc2cccc([N+](=O)[O-])c2)n1. The second kappa shape index (κ2) is 5.08. The standard InChI is InChI=1S/C13H11N5O3/c1-14-11-8-17-6-5-15-12(17)13(16-11)21-10-4-2-3-9(7-10)18(19)20/h2-8,14H,1H3. The molecule has 0 atom stereocenters. The summed E-state index contributed by atoms with van der Waals surface area (Å²) in [5, 5.41) is 13.7. The Morgan fingerprint density at radius 3 is 3.05 bits per heavy atom. The topological polar surface area (TPSA) is 94.6 Å². The van der Waals surface area contributed by atoms with Gasteiger partial charge >= 0.3 is 0 Å². The minimum atomic E-state index is -0.477. The van der Waals surface area contributed by atoms with Crippen molar-refractivity contribution in [1.82, 2.24) is 14.4 Å². The Bertz CT molecular complexity index is 814. The zero-order valence-corrected chi connectivity index (χ0v) is 11.1. The molecule has 1 aromatic carbocycles. The number of nitrogens with one attached hydrogen (secondary N) is 1. The lowest BCUT2D eigenvalue weighted by Gasteiger charge is -2.08. The number of hydrogen-bond acceptors (Lipinski definition) is 6. The van der Waals surface area contributed by atoms with Crippen molar-refractivity contribution in [2.75, 3.05) is 12.4 Å². The highest BCUT2D eigenvalue weighted by Gasteiger charge is 2.12. The quantitative estimate of drug-likeness (QED) is 0.584. The van der Waals surface area contributed by atoms with Gasteiger partial charge in [0.1, 0.15) is 11.6 Å². The first kappa shape index (κ1) is 12.9. The van der Waals surface area contributed by atoms with Crippen molar-refractivity contribution in [3.8, 4) is 11.6 Å². The van der Waals surface area contributed by atoms with Crippen molar-refractivity contribution < 1.29 is 9.66 Å². The van der Waals surface area contributed by atoms with Crippen LogP contribution < -0.4 is 10.1 Å². The van der Waals surface area contributed by atoms with Gasteiger partial charge in [-0.25, -0.2) is 4.98 Å². The average molecular weight is 285 g/mol. The normalized spacial score (nSPS) is 10.5. The van der Waals surface area contributed by atoms with Crippen LogP contribution >= 0.6 is 0 Å². The van der Waals surface area contributed by atoms with E-state index in [0.717, 1.165) is 0 Å². The van der Waals surface area contributed by atoms with Gasteiger partial charge in [0.15, 0.2) is 0 Å². The second-order valence-corrected chi connectivity index (χ2v) is 4.20. The van der Waals surface area contributed by atoms with Crippen LogP contribution in [-0.4, -0.2) is 26.3 Å². The summed E-state index contributed by atoms with van der Waals surface area (Å²) in [4.78, 5) is 18.7. The molecule has 2 aromatic heterocycles. The third-order valence-corrected chi connectivity index (χ3v) is 2.84. The molecule has 21 heavy (non-hydrogen) atoms. The zero-order chi connectivity index (χ0) is 14.8. The molecule has 0 aliphatic carbocycles. The van der Waals surface area contributed by atoms with Crippen LogP contribution in [0.5, 0.6) is 11.6 Å². The number of nitro benzene ring substituents is 1. The predicted molar refractivity (Wildman–Crippen MR) is 75.7 cm³/mol. The molecule has 0 fully saturated rings. The molecular weight excluding hydrogens is 274 g/mol. The molecule has 3 rings (SSSR count). The van der Waals surface area contributed by atoms with Crippen LogP contribution in [-0.2, 0) is 0 Å². The first-order valence-electron chi connectivity index (χ1n) is 6.11. The minimum Gasteiger partial charge on any atom is -0.436 e. The lowest BCUT2D eigenvalue weighted by molar-refractivity contribution is -0.384. The van der Waals surface area contributed by atoms with Crippen molar-refractivity contribution in [2.45, 2.75) is 0 Å². The number of fused-ring (bicyclic) bond motifs is 1. The average Bonchev–Trinajstić information content (AvgIpc) is 2.96. The van der Waals surface area contributed by atoms with Crippen LogP contribution in [0.3, 0.4) is 0 Å². The Hall–Kier alpha value is -3.16. The Morgan fingerprint density at radius 1 is 1.43 bits per heavy atom. The predicted octanol–water partition coefficient (Wildman–Crippen LogP) is 2.47. The number of aromatic nitrogens is 3. The molecule has 0 bridgehead atoms. The molecule has 106 valence electrons.